The molecule has 0 fully saturated rings. The molecule has 0 aliphatic heterocycles. The third-order valence-corrected chi connectivity index (χ3v) is 9.31. The van der Waals surface area contributed by atoms with Crippen LogP contribution in [0.15, 0.2) is 41.6 Å². The van der Waals surface area contributed by atoms with Crippen molar-refractivity contribution in [1.29, 1.82) is 0 Å². The number of pyridine rings is 2. The van der Waals surface area contributed by atoms with Gasteiger partial charge in [0, 0.05) is 65.7 Å². The monoisotopic (exact) mass is 600 g/mol. The summed E-state index contributed by atoms with van der Waals surface area (Å²) >= 11 is 1.65. The number of thioether (sulfide) groups is 1. The second-order valence-electron chi connectivity index (χ2n) is 12.0. The highest BCUT2D eigenvalue weighted by molar-refractivity contribution is 7.98. The minimum atomic E-state index is -1.51. The van der Waals surface area contributed by atoms with Gasteiger partial charge in [0.25, 0.3) is 0 Å². The number of allylic oxidation sites excluding steroid dienone is 1. The van der Waals surface area contributed by atoms with Crippen LogP contribution in [-0.4, -0.2) is 41.7 Å². The summed E-state index contributed by atoms with van der Waals surface area (Å²) in [7, 11) is 1.63. The first-order valence-electron chi connectivity index (χ1n) is 14.8. The van der Waals surface area contributed by atoms with Crippen molar-refractivity contribution in [2.24, 2.45) is 11.3 Å². The van der Waals surface area contributed by atoms with E-state index in [1.54, 1.807) is 25.1 Å². The number of carbonyl (C=O) groups excluding carboxylic acids is 2. The predicted octanol–water partition coefficient (Wildman–Crippen LogP) is 5.87. The number of aryl methyl sites for hydroxylation is 2. The maximum Gasteiger partial charge on any atom is 0.236 e. The Morgan fingerprint density at radius 3 is 2.28 bits per heavy atom. The number of fused-ring (bicyclic) bond motifs is 1. The highest BCUT2D eigenvalue weighted by atomic mass is 32.2. The van der Waals surface area contributed by atoms with Gasteiger partial charge in [-0.2, -0.15) is 0 Å². The van der Waals surface area contributed by atoms with Gasteiger partial charge in [-0.05, 0) is 80.2 Å². The summed E-state index contributed by atoms with van der Waals surface area (Å²) in [6, 6.07) is 6.25. The Morgan fingerprint density at radius 1 is 0.977 bits per heavy atom. The van der Waals surface area contributed by atoms with E-state index in [1.165, 1.54) is 11.1 Å². The zero-order valence-corrected chi connectivity index (χ0v) is 27.5. The van der Waals surface area contributed by atoms with Crippen molar-refractivity contribution in [2.45, 2.75) is 72.2 Å². The van der Waals surface area contributed by atoms with Gasteiger partial charge in [0.05, 0.1) is 7.11 Å². The smallest absolute Gasteiger partial charge is 0.236 e. The van der Waals surface area contributed by atoms with E-state index in [0.717, 1.165) is 44.8 Å². The lowest BCUT2D eigenvalue weighted by atomic mass is 9.75. The zero-order chi connectivity index (χ0) is 31.3. The summed E-state index contributed by atoms with van der Waals surface area (Å²) < 4.78 is 5.69. The fourth-order valence-electron chi connectivity index (χ4n) is 5.78. The standard InChI is InChI=1S/C35H44N4O3S/c1-21(2)17-38-33(40)35(15-29-24(5)31(42-7)22(3)18-36-29,16-30-25(6)32(43-8)23(4)19-37-30)34(41)39-20-26-12-13-27-10-9-11-28(27)14-26/h9,11-14,18-19,21H,10,15-17,20H2,1-8H3,(H,38,40)(H,39,41). The van der Waals surface area contributed by atoms with Crippen molar-refractivity contribution >= 4 is 29.7 Å². The van der Waals surface area contributed by atoms with E-state index >= 15 is 0 Å². The summed E-state index contributed by atoms with van der Waals surface area (Å²) in [6.45, 7) is 12.8. The topological polar surface area (TPSA) is 93.2 Å². The van der Waals surface area contributed by atoms with Crippen LogP contribution in [0.25, 0.3) is 6.08 Å². The molecule has 1 aromatic carbocycles. The largest absolute Gasteiger partial charge is 0.496 e. The minimum Gasteiger partial charge on any atom is -0.496 e. The number of aromatic nitrogens is 2. The number of hydrogen-bond donors (Lipinski definition) is 2. The van der Waals surface area contributed by atoms with Crippen molar-refractivity contribution in [3.8, 4) is 5.75 Å². The van der Waals surface area contributed by atoms with Crippen molar-refractivity contribution in [2.75, 3.05) is 19.9 Å². The van der Waals surface area contributed by atoms with Crippen LogP contribution >= 0.6 is 11.8 Å². The molecule has 1 unspecified atom stereocenters. The molecule has 1 atom stereocenters. The molecular weight excluding hydrogens is 556 g/mol. The van der Waals surface area contributed by atoms with E-state index in [1.807, 2.05) is 60.1 Å². The molecule has 228 valence electrons. The van der Waals surface area contributed by atoms with Gasteiger partial charge in [0.2, 0.25) is 11.8 Å². The van der Waals surface area contributed by atoms with Crippen LogP contribution in [0.5, 0.6) is 5.75 Å². The van der Waals surface area contributed by atoms with Crippen LogP contribution in [0.1, 0.15) is 64.2 Å². The number of ether oxygens (including phenoxy) is 1. The Hall–Kier alpha value is -3.65. The first-order chi connectivity index (χ1) is 20.5. The number of rotatable bonds is 12. The molecule has 2 amide bonds. The van der Waals surface area contributed by atoms with Crippen molar-refractivity contribution in [3.05, 3.63) is 87.0 Å². The van der Waals surface area contributed by atoms with Gasteiger partial charge in [-0.3, -0.25) is 19.6 Å². The molecule has 0 saturated carbocycles. The average molecular weight is 601 g/mol. The van der Waals surface area contributed by atoms with Crippen LogP contribution in [0.2, 0.25) is 0 Å². The lowest BCUT2D eigenvalue weighted by Gasteiger charge is -2.33. The van der Waals surface area contributed by atoms with E-state index in [0.29, 0.717) is 24.5 Å². The minimum absolute atomic E-state index is 0.0990. The molecule has 2 N–H and O–H groups in total. The van der Waals surface area contributed by atoms with Crippen molar-refractivity contribution < 1.29 is 14.3 Å². The molecule has 1 aliphatic rings. The predicted molar refractivity (Wildman–Crippen MR) is 174 cm³/mol. The van der Waals surface area contributed by atoms with Crippen molar-refractivity contribution in [1.82, 2.24) is 20.6 Å². The molecule has 4 rings (SSSR count). The lowest BCUT2D eigenvalue weighted by Crippen LogP contribution is -2.55. The van der Waals surface area contributed by atoms with Gasteiger partial charge in [0.15, 0.2) is 0 Å². The summed E-state index contributed by atoms with van der Waals surface area (Å²) in [6.07, 6.45) is 11.0. The SMILES string of the molecule is COc1c(C)cnc(CC(Cc2ncc(C)c(SC)c2C)(C(=O)NCc2ccc3c(c2)C=CC3)C(=O)NCC(C)C)c1C. The quantitative estimate of drug-likeness (QED) is 0.200. The molecule has 3 aromatic rings. The molecular formula is C35H44N4O3S. The number of nitrogens with zero attached hydrogens (tertiary/aromatic N) is 2. The second kappa shape index (κ2) is 13.8. The Balaban J connectivity index is 1.82. The van der Waals surface area contributed by atoms with E-state index in [2.05, 4.69) is 34.9 Å². The Morgan fingerprint density at radius 2 is 1.63 bits per heavy atom. The number of hydrogen-bond acceptors (Lipinski definition) is 6. The fraction of sp³-hybridized carbons (Fsp3) is 0.429. The summed E-state index contributed by atoms with van der Waals surface area (Å²) in [5, 5.41) is 6.24. The highest BCUT2D eigenvalue weighted by Gasteiger charge is 2.47. The molecule has 0 bridgehead atoms. The molecule has 2 aromatic heterocycles. The zero-order valence-electron chi connectivity index (χ0n) is 26.7. The van der Waals surface area contributed by atoms with Crippen LogP contribution in [0, 0.1) is 39.0 Å². The first-order valence-corrected chi connectivity index (χ1v) is 16.1. The van der Waals surface area contributed by atoms with Crippen LogP contribution < -0.4 is 15.4 Å². The molecule has 8 heteroatoms. The maximum atomic E-state index is 14.6. The fourth-order valence-corrected chi connectivity index (χ4v) is 6.58. The van der Waals surface area contributed by atoms with Gasteiger partial charge < -0.3 is 15.4 Å². The van der Waals surface area contributed by atoms with Crippen LogP contribution in [-0.2, 0) is 35.4 Å². The van der Waals surface area contributed by atoms with Gasteiger partial charge in [-0.1, -0.05) is 38.1 Å². The van der Waals surface area contributed by atoms with E-state index in [9.17, 15) is 9.59 Å². The van der Waals surface area contributed by atoms with E-state index in [4.69, 9.17) is 14.7 Å². The first kappa shape index (κ1) is 32.3. The second-order valence-corrected chi connectivity index (χ2v) is 12.8. The van der Waals surface area contributed by atoms with Gasteiger partial charge in [0.1, 0.15) is 11.2 Å². The Kier molecular flexibility index (Phi) is 10.3. The summed E-state index contributed by atoms with van der Waals surface area (Å²) in [4.78, 5) is 39.5. The van der Waals surface area contributed by atoms with Crippen LogP contribution in [0.4, 0.5) is 0 Å². The Bertz CT molecular complexity index is 1490. The number of benzene rings is 1. The Labute approximate surface area is 260 Å². The molecule has 0 radical (unpaired) electrons. The average Bonchev–Trinajstić information content (AvgIpc) is 3.45. The molecule has 43 heavy (non-hydrogen) atoms. The number of methoxy groups -OCH3 is 1. The number of carbonyl (C=O) groups is 2. The third kappa shape index (κ3) is 6.96. The van der Waals surface area contributed by atoms with Gasteiger partial charge in [-0.15, -0.1) is 11.8 Å². The van der Waals surface area contributed by atoms with E-state index in [-0.39, 0.29) is 30.6 Å². The number of nitrogens with one attached hydrogen (secondary N) is 2. The van der Waals surface area contributed by atoms with Gasteiger partial charge in [-0.25, -0.2) is 0 Å². The highest BCUT2D eigenvalue weighted by Crippen LogP contribution is 2.35. The molecule has 2 heterocycles. The van der Waals surface area contributed by atoms with Crippen molar-refractivity contribution in [3.63, 3.8) is 0 Å². The summed E-state index contributed by atoms with van der Waals surface area (Å²) in [5.41, 5.74) is 7.06. The van der Waals surface area contributed by atoms with Crippen LogP contribution in [0.3, 0.4) is 0 Å². The lowest BCUT2D eigenvalue weighted by molar-refractivity contribution is -0.144. The van der Waals surface area contributed by atoms with Gasteiger partial charge >= 0.3 is 0 Å². The number of amides is 2. The third-order valence-electron chi connectivity index (χ3n) is 8.28. The van der Waals surface area contributed by atoms with E-state index < -0.39 is 5.41 Å². The summed E-state index contributed by atoms with van der Waals surface area (Å²) in [5.74, 6) is 0.245. The molecule has 0 saturated heterocycles. The normalized spacial score (nSPS) is 13.5. The maximum absolute atomic E-state index is 14.6. The molecule has 7 nitrogen and oxygen atoms in total. The molecule has 1 aliphatic carbocycles. The molecule has 0 spiro atoms.